The van der Waals surface area contributed by atoms with Crippen LogP contribution in [0.1, 0.15) is 62.2 Å². The summed E-state index contributed by atoms with van der Waals surface area (Å²) in [6, 6.07) is 4.83. The smallest absolute Gasteiger partial charge is 0.254 e. The van der Waals surface area contributed by atoms with Crippen LogP contribution in [0.25, 0.3) is 0 Å². The van der Waals surface area contributed by atoms with Gasteiger partial charge in [-0.1, -0.05) is 37.5 Å². The fraction of sp³-hybridized carbons (Fsp3) is 0.593. The zero-order valence-corrected chi connectivity index (χ0v) is 21.9. The monoisotopic (exact) mass is 501 g/mol. The van der Waals surface area contributed by atoms with Crippen molar-refractivity contribution >= 4 is 22.5 Å². The number of hydrogen-bond acceptors (Lipinski definition) is 5. The van der Waals surface area contributed by atoms with E-state index < -0.39 is 10.9 Å². The number of carbonyl (C=O) groups is 1. The Bertz CT molecular complexity index is 1020. The molecule has 2 aliphatic carbocycles. The molecule has 35 heavy (non-hydrogen) atoms. The van der Waals surface area contributed by atoms with Crippen molar-refractivity contribution in [2.75, 3.05) is 44.6 Å². The quantitative estimate of drug-likeness (QED) is 0.391. The molecular weight excluding hydrogens is 462 g/mol. The molecule has 3 fully saturated rings. The number of methoxy groups -OCH3 is 1. The molecule has 7 nitrogen and oxygen atoms in total. The fourth-order valence-electron chi connectivity index (χ4n) is 5.57. The molecule has 1 aromatic rings. The molecule has 0 radical (unpaired) electrons. The second-order valence-corrected chi connectivity index (χ2v) is 10.9. The van der Waals surface area contributed by atoms with E-state index in [0.717, 1.165) is 25.6 Å². The van der Waals surface area contributed by atoms with Gasteiger partial charge in [-0.25, -0.2) is 8.42 Å². The summed E-state index contributed by atoms with van der Waals surface area (Å²) < 4.78 is 29.6. The van der Waals surface area contributed by atoms with Gasteiger partial charge in [-0.05, 0) is 62.3 Å². The zero-order chi connectivity index (χ0) is 24.8. The lowest BCUT2D eigenvalue weighted by Gasteiger charge is -2.37. The van der Waals surface area contributed by atoms with E-state index in [-0.39, 0.29) is 11.3 Å². The summed E-state index contributed by atoms with van der Waals surface area (Å²) in [6.07, 6.45) is 16.4. The maximum atomic E-state index is 13.1. The van der Waals surface area contributed by atoms with E-state index in [2.05, 4.69) is 34.8 Å². The highest BCUT2D eigenvalue weighted by atomic mass is 32.2. The van der Waals surface area contributed by atoms with Gasteiger partial charge in [0.25, 0.3) is 5.91 Å². The molecule has 1 N–H and O–H groups in total. The van der Waals surface area contributed by atoms with E-state index in [0.29, 0.717) is 30.1 Å². The summed E-state index contributed by atoms with van der Waals surface area (Å²) in [4.78, 5) is 17.5. The van der Waals surface area contributed by atoms with Crippen LogP contribution in [-0.4, -0.2) is 64.0 Å². The minimum Gasteiger partial charge on any atom is -0.495 e. The number of anilines is 1. The van der Waals surface area contributed by atoms with Crippen LogP contribution < -0.4 is 9.46 Å². The van der Waals surface area contributed by atoms with Gasteiger partial charge in [-0.2, -0.15) is 0 Å². The van der Waals surface area contributed by atoms with E-state index in [1.54, 1.807) is 18.2 Å². The van der Waals surface area contributed by atoms with Crippen molar-refractivity contribution in [3.8, 4) is 5.75 Å². The van der Waals surface area contributed by atoms with Gasteiger partial charge in [0.1, 0.15) is 5.75 Å². The third kappa shape index (κ3) is 6.47. The van der Waals surface area contributed by atoms with Gasteiger partial charge < -0.3 is 9.64 Å². The molecule has 3 aliphatic rings. The lowest BCUT2D eigenvalue weighted by molar-refractivity contribution is 0.0618. The molecular formula is C27H39N3O4S. The highest BCUT2D eigenvalue weighted by molar-refractivity contribution is 7.73. The molecule has 0 spiro atoms. The minimum absolute atomic E-state index is 0.0473. The number of carbonyl (C=O) groups excluding carboxylic acids is 1. The van der Waals surface area contributed by atoms with Gasteiger partial charge >= 0.3 is 0 Å². The number of nitrogens with one attached hydrogen (secondary N) is 1. The maximum absolute atomic E-state index is 13.1. The zero-order valence-electron chi connectivity index (χ0n) is 21.0. The Hall–Kier alpha value is -2.32. The number of rotatable bonds is 9. The molecule has 0 atom stereocenters. The number of piperazine rings is 1. The second-order valence-electron chi connectivity index (χ2n) is 10.2. The lowest BCUT2D eigenvalue weighted by atomic mass is 9.84. The Morgan fingerprint density at radius 1 is 1.14 bits per heavy atom. The third-order valence-electron chi connectivity index (χ3n) is 7.72. The Morgan fingerprint density at radius 2 is 1.86 bits per heavy atom. The Labute approximate surface area is 211 Å². The Morgan fingerprint density at radius 3 is 2.46 bits per heavy atom. The Kier molecular flexibility index (Phi) is 8.55. The second kappa shape index (κ2) is 11.6. The summed E-state index contributed by atoms with van der Waals surface area (Å²) in [5, 5.41) is 0. The molecule has 1 aliphatic heterocycles. The molecule has 1 heterocycles. The van der Waals surface area contributed by atoms with Gasteiger partial charge in [-0.3, -0.25) is 14.4 Å². The molecule has 1 amide bonds. The normalized spacial score (nSPS) is 21.5. The van der Waals surface area contributed by atoms with Crippen LogP contribution >= 0.6 is 0 Å². The molecule has 0 bridgehead atoms. The Balaban J connectivity index is 1.36. The van der Waals surface area contributed by atoms with Crippen molar-refractivity contribution in [3.63, 3.8) is 0 Å². The van der Waals surface area contributed by atoms with Crippen molar-refractivity contribution in [2.45, 2.75) is 51.9 Å². The van der Waals surface area contributed by atoms with Crippen LogP contribution in [0.5, 0.6) is 5.75 Å². The lowest BCUT2D eigenvalue weighted by Crippen LogP contribution is -2.50. The molecule has 4 rings (SSSR count). The van der Waals surface area contributed by atoms with Crippen molar-refractivity contribution in [1.82, 2.24) is 9.80 Å². The number of nitrogens with zero attached hydrogens (tertiary/aromatic N) is 2. The predicted octanol–water partition coefficient (Wildman–Crippen LogP) is 4.25. The van der Waals surface area contributed by atoms with Crippen LogP contribution in [0.3, 0.4) is 0 Å². The number of ether oxygens (including phenoxy) is 1. The molecule has 192 valence electrons. The van der Waals surface area contributed by atoms with E-state index in [9.17, 15) is 13.2 Å². The van der Waals surface area contributed by atoms with Crippen LogP contribution in [-0.2, 0) is 10.9 Å². The topological polar surface area (TPSA) is 79.0 Å². The molecule has 1 saturated heterocycles. The molecule has 0 unspecified atom stereocenters. The van der Waals surface area contributed by atoms with Crippen molar-refractivity contribution < 1.29 is 17.9 Å². The number of thiol groups is 1. The fourth-order valence-corrected chi connectivity index (χ4v) is 5.95. The molecule has 0 aromatic heterocycles. The van der Waals surface area contributed by atoms with Gasteiger partial charge in [-0.15, -0.1) is 0 Å². The summed E-state index contributed by atoms with van der Waals surface area (Å²) >= 11 is 0. The standard InChI is InChI=1S/C27H39N3O4S/c1-3-7-23(18-21-8-5-4-6-9-21)27(12-13-27)20-29-14-16-30(17-15-29)26(31)22-10-11-24(28-35(32)33)25(19-22)34-2/h3,7,10-11,18-19,21,35H,4-6,8-9,12-17,20H2,1-2H3,(H,28,32,33)/b7-3-,23-18+. The number of amides is 1. The molecule has 1 aromatic carbocycles. The first-order chi connectivity index (χ1) is 16.9. The summed E-state index contributed by atoms with van der Waals surface area (Å²) in [6.45, 7) is 6.30. The largest absolute Gasteiger partial charge is 0.495 e. The van der Waals surface area contributed by atoms with E-state index in [1.165, 1.54) is 57.6 Å². The van der Waals surface area contributed by atoms with Gasteiger partial charge in [0, 0.05) is 43.7 Å². The highest BCUT2D eigenvalue weighted by Gasteiger charge is 2.46. The first-order valence-electron chi connectivity index (χ1n) is 12.9. The average molecular weight is 502 g/mol. The molecule has 8 heteroatoms. The maximum Gasteiger partial charge on any atom is 0.254 e. The van der Waals surface area contributed by atoms with Gasteiger partial charge in [0.2, 0.25) is 10.9 Å². The molecule has 2 saturated carbocycles. The van der Waals surface area contributed by atoms with Crippen LogP contribution in [0.15, 0.2) is 42.0 Å². The minimum atomic E-state index is -2.80. The summed E-state index contributed by atoms with van der Waals surface area (Å²) in [5.41, 5.74) is 2.66. The SMILES string of the molecule is C/C=C\C(=C/C1CCCCC1)C1(CN2CCN(C(=O)c3ccc(N[SH](=O)=O)c(OC)c3)CC2)CC1. The van der Waals surface area contributed by atoms with Crippen molar-refractivity contribution in [3.05, 3.63) is 47.6 Å². The highest BCUT2D eigenvalue weighted by Crippen LogP contribution is 2.53. The van der Waals surface area contributed by atoms with Gasteiger partial charge in [0.05, 0.1) is 12.8 Å². The third-order valence-corrected chi connectivity index (χ3v) is 8.15. The summed E-state index contributed by atoms with van der Waals surface area (Å²) in [5.74, 6) is 1.02. The van der Waals surface area contributed by atoms with E-state index in [1.807, 2.05) is 4.90 Å². The van der Waals surface area contributed by atoms with E-state index in [4.69, 9.17) is 4.74 Å². The van der Waals surface area contributed by atoms with Crippen LogP contribution in [0.4, 0.5) is 5.69 Å². The van der Waals surface area contributed by atoms with Crippen LogP contribution in [0, 0.1) is 11.3 Å². The summed E-state index contributed by atoms with van der Waals surface area (Å²) in [7, 11) is -1.34. The number of hydrogen-bond donors (Lipinski definition) is 2. The van der Waals surface area contributed by atoms with Crippen molar-refractivity contribution in [2.24, 2.45) is 11.3 Å². The van der Waals surface area contributed by atoms with Gasteiger partial charge in [0.15, 0.2) is 0 Å². The average Bonchev–Trinajstić information content (AvgIpc) is 3.65. The number of allylic oxidation sites excluding steroid dienone is 3. The van der Waals surface area contributed by atoms with Crippen LogP contribution in [0.2, 0.25) is 0 Å². The first-order valence-corrected chi connectivity index (χ1v) is 14.1. The predicted molar refractivity (Wildman–Crippen MR) is 140 cm³/mol. The van der Waals surface area contributed by atoms with Crippen molar-refractivity contribution in [1.29, 1.82) is 0 Å². The number of benzene rings is 1. The van der Waals surface area contributed by atoms with E-state index >= 15 is 0 Å². The first kappa shape index (κ1) is 25.8.